The van der Waals surface area contributed by atoms with E-state index in [1.54, 1.807) is 65.3 Å². The van der Waals surface area contributed by atoms with Crippen LogP contribution in [0.2, 0.25) is 5.02 Å². The Labute approximate surface area is 165 Å². The lowest BCUT2D eigenvalue weighted by Crippen LogP contribution is -2.05. The SMILES string of the molecule is O=C(c1ccc(Cl)cc1)c1ccc(-c2nnnn2Cc2ccc(F)cc2)cc1. The number of hydrogen-bond donors (Lipinski definition) is 0. The molecule has 28 heavy (non-hydrogen) atoms. The first-order valence-corrected chi connectivity index (χ1v) is 8.89. The number of nitrogens with zero attached hydrogens (tertiary/aromatic N) is 4. The molecule has 0 spiro atoms. The summed E-state index contributed by atoms with van der Waals surface area (Å²) in [6.07, 6.45) is 0. The van der Waals surface area contributed by atoms with E-state index in [-0.39, 0.29) is 11.6 Å². The zero-order chi connectivity index (χ0) is 19.5. The number of hydrogen-bond acceptors (Lipinski definition) is 4. The normalized spacial score (nSPS) is 10.8. The van der Waals surface area contributed by atoms with Gasteiger partial charge in [-0.25, -0.2) is 9.07 Å². The van der Waals surface area contributed by atoms with Crippen LogP contribution >= 0.6 is 11.6 Å². The number of ketones is 1. The summed E-state index contributed by atoms with van der Waals surface area (Å²) in [4.78, 5) is 12.6. The smallest absolute Gasteiger partial charge is 0.193 e. The van der Waals surface area contributed by atoms with Gasteiger partial charge in [0, 0.05) is 21.7 Å². The van der Waals surface area contributed by atoms with Crippen LogP contribution in [-0.4, -0.2) is 26.0 Å². The number of carbonyl (C=O) groups is 1. The van der Waals surface area contributed by atoms with Crippen LogP contribution in [0.1, 0.15) is 21.5 Å². The van der Waals surface area contributed by atoms with Gasteiger partial charge in [0.25, 0.3) is 0 Å². The second kappa shape index (κ2) is 7.70. The van der Waals surface area contributed by atoms with Crippen molar-refractivity contribution < 1.29 is 9.18 Å². The number of halogens is 2. The minimum Gasteiger partial charge on any atom is -0.289 e. The first-order chi connectivity index (χ1) is 13.6. The van der Waals surface area contributed by atoms with E-state index in [2.05, 4.69) is 15.5 Å². The summed E-state index contributed by atoms with van der Waals surface area (Å²) in [6, 6.07) is 20.0. The fourth-order valence-electron chi connectivity index (χ4n) is 2.82. The standard InChI is InChI=1S/C21H14ClFN4O/c22-18-9-7-16(8-10-18)20(28)15-3-5-17(6-4-15)21-24-25-26-27(21)13-14-1-11-19(23)12-2-14/h1-12H,13H2. The van der Waals surface area contributed by atoms with Gasteiger partial charge in [0.1, 0.15) is 5.82 Å². The third-order valence-electron chi connectivity index (χ3n) is 4.29. The van der Waals surface area contributed by atoms with Gasteiger partial charge in [-0.15, -0.1) is 5.10 Å². The number of rotatable bonds is 5. The second-order valence-corrected chi connectivity index (χ2v) is 6.64. The van der Waals surface area contributed by atoms with Crippen LogP contribution < -0.4 is 0 Å². The first kappa shape index (κ1) is 18.0. The molecule has 0 fully saturated rings. The monoisotopic (exact) mass is 392 g/mol. The highest BCUT2D eigenvalue weighted by atomic mass is 35.5. The Morgan fingerprint density at radius 1 is 0.893 bits per heavy atom. The third kappa shape index (κ3) is 3.82. The first-order valence-electron chi connectivity index (χ1n) is 8.51. The quantitative estimate of drug-likeness (QED) is 0.472. The predicted molar refractivity (Wildman–Crippen MR) is 104 cm³/mol. The molecule has 0 radical (unpaired) electrons. The summed E-state index contributed by atoms with van der Waals surface area (Å²) in [5.74, 6) is 0.186. The molecule has 138 valence electrons. The molecule has 0 aliphatic heterocycles. The van der Waals surface area contributed by atoms with Crippen molar-refractivity contribution in [2.45, 2.75) is 6.54 Å². The highest BCUT2D eigenvalue weighted by molar-refractivity contribution is 6.30. The Kier molecular flexibility index (Phi) is 4.95. The molecule has 3 aromatic carbocycles. The van der Waals surface area contributed by atoms with Crippen LogP contribution in [0.3, 0.4) is 0 Å². The molecule has 7 heteroatoms. The minimum atomic E-state index is -0.290. The third-order valence-corrected chi connectivity index (χ3v) is 4.54. The summed E-state index contributed by atoms with van der Waals surface area (Å²) in [5, 5.41) is 12.4. The van der Waals surface area contributed by atoms with E-state index >= 15 is 0 Å². The Hall–Kier alpha value is -3.38. The molecular weight excluding hydrogens is 379 g/mol. The van der Waals surface area contributed by atoms with Gasteiger partial charge in [0.2, 0.25) is 0 Å². The van der Waals surface area contributed by atoms with Gasteiger partial charge in [-0.1, -0.05) is 48.0 Å². The minimum absolute atomic E-state index is 0.0888. The lowest BCUT2D eigenvalue weighted by molar-refractivity contribution is 0.103. The van der Waals surface area contributed by atoms with Crippen molar-refractivity contribution >= 4 is 17.4 Å². The van der Waals surface area contributed by atoms with Gasteiger partial charge in [0.05, 0.1) is 6.54 Å². The molecule has 1 aromatic heterocycles. The maximum Gasteiger partial charge on any atom is 0.193 e. The summed E-state index contributed by atoms with van der Waals surface area (Å²) in [6.45, 7) is 0.411. The van der Waals surface area contributed by atoms with Crippen LogP contribution in [0.5, 0.6) is 0 Å². The average Bonchev–Trinajstić information content (AvgIpc) is 3.18. The van der Waals surface area contributed by atoms with E-state index in [0.717, 1.165) is 11.1 Å². The zero-order valence-corrected chi connectivity index (χ0v) is 15.3. The van der Waals surface area contributed by atoms with Gasteiger partial charge >= 0.3 is 0 Å². The Morgan fingerprint density at radius 2 is 1.50 bits per heavy atom. The van der Waals surface area contributed by atoms with Crippen LogP contribution in [0.25, 0.3) is 11.4 Å². The van der Waals surface area contributed by atoms with Gasteiger partial charge < -0.3 is 0 Å². The largest absolute Gasteiger partial charge is 0.289 e. The molecule has 4 aromatic rings. The summed E-state index contributed by atoms with van der Waals surface area (Å²) in [7, 11) is 0. The van der Waals surface area contributed by atoms with Crippen LogP contribution in [0.15, 0.2) is 72.8 Å². The van der Waals surface area contributed by atoms with Crippen LogP contribution in [0.4, 0.5) is 4.39 Å². The molecule has 0 saturated carbocycles. The highest BCUT2D eigenvalue weighted by Crippen LogP contribution is 2.20. The summed E-state index contributed by atoms with van der Waals surface area (Å²) < 4.78 is 14.7. The number of benzene rings is 3. The molecule has 0 aliphatic carbocycles. The number of carbonyl (C=O) groups excluding carboxylic acids is 1. The molecule has 1 heterocycles. The molecule has 0 N–H and O–H groups in total. The van der Waals surface area contributed by atoms with Gasteiger partial charge in [-0.05, 0) is 52.4 Å². The Bertz CT molecular complexity index is 1110. The fourth-order valence-corrected chi connectivity index (χ4v) is 2.95. The van der Waals surface area contributed by atoms with E-state index in [1.807, 2.05) is 0 Å². The van der Waals surface area contributed by atoms with Crippen LogP contribution in [-0.2, 0) is 6.54 Å². The Balaban J connectivity index is 1.56. The van der Waals surface area contributed by atoms with Crippen molar-refractivity contribution in [1.82, 2.24) is 20.2 Å². The molecule has 0 atom stereocenters. The predicted octanol–water partition coefficient (Wildman–Crippen LogP) is 4.41. The fraction of sp³-hybridized carbons (Fsp3) is 0.0476. The summed E-state index contributed by atoms with van der Waals surface area (Å²) >= 11 is 5.87. The molecule has 0 bridgehead atoms. The lowest BCUT2D eigenvalue weighted by Gasteiger charge is -2.06. The number of tetrazole rings is 1. The molecular formula is C21H14ClFN4O. The molecule has 4 rings (SSSR count). The average molecular weight is 393 g/mol. The maximum absolute atomic E-state index is 13.1. The van der Waals surface area contributed by atoms with Crippen molar-refractivity contribution in [3.63, 3.8) is 0 Å². The highest BCUT2D eigenvalue weighted by Gasteiger charge is 2.12. The zero-order valence-electron chi connectivity index (χ0n) is 14.6. The van der Waals surface area contributed by atoms with E-state index in [9.17, 15) is 9.18 Å². The van der Waals surface area contributed by atoms with E-state index in [1.165, 1.54) is 12.1 Å². The summed E-state index contributed by atoms with van der Waals surface area (Å²) in [5.41, 5.74) is 2.78. The lowest BCUT2D eigenvalue weighted by atomic mass is 10.0. The molecule has 0 unspecified atom stereocenters. The van der Waals surface area contributed by atoms with E-state index in [0.29, 0.717) is 28.5 Å². The second-order valence-electron chi connectivity index (χ2n) is 6.20. The maximum atomic E-state index is 13.1. The van der Waals surface area contributed by atoms with E-state index in [4.69, 9.17) is 11.6 Å². The van der Waals surface area contributed by atoms with Gasteiger partial charge in [-0.3, -0.25) is 4.79 Å². The number of aromatic nitrogens is 4. The van der Waals surface area contributed by atoms with Gasteiger partial charge in [-0.2, -0.15) is 0 Å². The van der Waals surface area contributed by atoms with Crippen LogP contribution in [0, 0.1) is 5.82 Å². The topological polar surface area (TPSA) is 60.7 Å². The van der Waals surface area contributed by atoms with Crippen molar-refractivity contribution in [3.05, 3.63) is 100 Å². The molecule has 0 aliphatic rings. The molecule has 0 amide bonds. The van der Waals surface area contributed by atoms with Gasteiger partial charge in [0.15, 0.2) is 11.6 Å². The van der Waals surface area contributed by atoms with Crippen molar-refractivity contribution in [3.8, 4) is 11.4 Å². The van der Waals surface area contributed by atoms with Crippen molar-refractivity contribution in [1.29, 1.82) is 0 Å². The molecule has 5 nitrogen and oxygen atoms in total. The molecule has 0 saturated heterocycles. The Morgan fingerprint density at radius 3 is 2.14 bits per heavy atom. The van der Waals surface area contributed by atoms with E-state index < -0.39 is 0 Å². The van der Waals surface area contributed by atoms with Crippen molar-refractivity contribution in [2.75, 3.05) is 0 Å². The van der Waals surface area contributed by atoms with Crippen molar-refractivity contribution in [2.24, 2.45) is 0 Å².